The monoisotopic (exact) mass is 400 g/mol. The van der Waals surface area contributed by atoms with Crippen LogP contribution in [0.5, 0.6) is 5.75 Å². The van der Waals surface area contributed by atoms with Gasteiger partial charge in [-0.2, -0.15) is 0 Å². The maximum absolute atomic E-state index is 12.4. The van der Waals surface area contributed by atoms with Gasteiger partial charge in [-0.15, -0.1) is 10.2 Å². The van der Waals surface area contributed by atoms with E-state index in [4.69, 9.17) is 9.15 Å². The van der Waals surface area contributed by atoms with Crippen molar-refractivity contribution in [1.29, 1.82) is 0 Å². The van der Waals surface area contributed by atoms with Crippen molar-refractivity contribution in [1.82, 2.24) is 19.7 Å². The zero-order valence-corrected chi connectivity index (χ0v) is 17.1. The van der Waals surface area contributed by atoms with Crippen LogP contribution in [0.15, 0.2) is 52.2 Å². The number of nitrogens with zero attached hydrogens (tertiary/aromatic N) is 4. The molecule has 0 spiro atoms. The van der Waals surface area contributed by atoms with Crippen LogP contribution in [-0.2, 0) is 11.3 Å². The van der Waals surface area contributed by atoms with Crippen LogP contribution >= 0.6 is 11.8 Å². The zero-order chi connectivity index (χ0) is 19.9. The second kappa shape index (κ2) is 9.45. The Hall–Kier alpha value is -2.74. The summed E-state index contributed by atoms with van der Waals surface area (Å²) in [7, 11) is 1.78. The van der Waals surface area contributed by atoms with Gasteiger partial charge in [0.2, 0.25) is 5.91 Å². The summed E-state index contributed by atoms with van der Waals surface area (Å²) in [5.41, 5.74) is 1.08. The number of carbonyl (C=O) groups is 1. The summed E-state index contributed by atoms with van der Waals surface area (Å²) < 4.78 is 13.1. The highest BCUT2D eigenvalue weighted by atomic mass is 32.2. The van der Waals surface area contributed by atoms with Gasteiger partial charge in [-0.3, -0.25) is 9.36 Å². The lowest BCUT2D eigenvalue weighted by molar-refractivity contribution is -0.127. The SMILES string of the molecule is CCn1c(SCC(=O)N(C)CCOc2ccccc2C)nnc1-c1ccco1. The number of ether oxygens (including phenoxy) is 1. The molecule has 8 heteroatoms. The second-order valence-corrected chi connectivity index (χ2v) is 7.19. The van der Waals surface area contributed by atoms with Crippen molar-refractivity contribution in [3.05, 3.63) is 48.2 Å². The minimum absolute atomic E-state index is 0.0172. The highest BCUT2D eigenvalue weighted by Gasteiger charge is 2.17. The lowest BCUT2D eigenvalue weighted by Gasteiger charge is -2.17. The van der Waals surface area contributed by atoms with Crippen molar-refractivity contribution in [2.45, 2.75) is 25.5 Å². The molecule has 2 aromatic heterocycles. The first-order chi connectivity index (χ1) is 13.6. The fourth-order valence-electron chi connectivity index (χ4n) is 2.64. The third kappa shape index (κ3) is 4.75. The fraction of sp³-hybridized carbons (Fsp3) is 0.350. The topological polar surface area (TPSA) is 73.4 Å². The van der Waals surface area contributed by atoms with Gasteiger partial charge >= 0.3 is 0 Å². The lowest BCUT2D eigenvalue weighted by Crippen LogP contribution is -2.32. The van der Waals surface area contributed by atoms with Crippen LogP contribution in [0.3, 0.4) is 0 Å². The van der Waals surface area contributed by atoms with Crippen LogP contribution in [0.4, 0.5) is 0 Å². The Morgan fingerprint density at radius 1 is 1.25 bits per heavy atom. The summed E-state index contributed by atoms with van der Waals surface area (Å²) in [6.45, 7) is 5.68. The first-order valence-electron chi connectivity index (χ1n) is 9.12. The van der Waals surface area contributed by atoms with E-state index in [-0.39, 0.29) is 11.7 Å². The van der Waals surface area contributed by atoms with E-state index in [0.717, 1.165) is 11.3 Å². The van der Waals surface area contributed by atoms with E-state index in [1.807, 2.05) is 54.8 Å². The third-order valence-corrected chi connectivity index (χ3v) is 5.25. The molecule has 0 fully saturated rings. The number of furan rings is 1. The standard InChI is InChI=1S/C20H24N4O3S/c1-4-24-19(17-10-7-12-26-17)21-22-20(24)28-14-18(25)23(3)11-13-27-16-9-6-5-8-15(16)2/h5-10,12H,4,11,13-14H2,1-3H3. The average molecular weight is 401 g/mol. The molecular formula is C20H24N4O3S. The quantitative estimate of drug-likeness (QED) is 0.512. The summed E-state index contributed by atoms with van der Waals surface area (Å²) in [5.74, 6) is 2.49. The van der Waals surface area contributed by atoms with E-state index in [9.17, 15) is 4.79 Å². The van der Waals surface area contributed by atoms with Gasteiger partial charge in [0.1, 0.15) is 12.4 Å². The van der Waals surface area contributed by atoms with Crippen LogP contribution in [0, 0.1) is 6.92 Å². The van der Waals surface area contributed by atoms with E-state index < -0.39 is 0 Å². The smallest absolute Gasteiger partial charge is 0.232 e. The Kier molecular flexibility index (Phi) is 6.76. The van der Waals surface area contributed by atoms with Gasteiger partial charge in [0, 0.05) is 13.6 Å². The van der Waals surface area contributed by atoms with Crippen molar-refractivity contribution in [2.24, 2.45) is 0 Å². The molecule has 0 aliphatic heterocycles. The number of carbonyl (C=O) groups excluding carboxylic acids is 1. The number of amides is 1. The van der Waals surface area contributed by atoms with Crippen LogP contribution in [0.2, 0.25) is 0 Å². The lowest BCUT2D eigenvalue weighted by atomic mass is 10.2. The number of hydrogen-bond acceptors (Lipinski definition) is 6. The molecule has 1 aromatic carbocycles. The molecule has 0 aliphatic carbocycles. The van der Waals surface area contributed by atoms with Crippen LogP contribution in [0.25, 0.3) is 11.6 Å². The molecule has 3 rings (SSSR count). The molecule has 28 heavy (non-hydrogen) atoms. The molecule has 3 aromatic rings. The highest BCUT2D eigenvalue weighted by molar-refractivity contribution is 7.99. The van der Waals surface area contributed by atoms with Gasteiger partial charge in [-0.1, -0.05) is 30.0 Å². The van der Waals surface area contributed by atoms with Crippen molar-refractivity contribution in [3.8, 4) is 17.3 Å². The zero-order valence-electron chi connectivity index (χ0n) is 16.3. The Morgan fingerprint density at radius 2 is 2.07 bits per heavy atom. The first-order valence-corrected chi connectivity index (χ1v) is 10.1. The Morgan fingerprint density at radius 3 is 2.79 bits per heavy atom. The van der Waals surface area contributed by atoms with E-state index in [1.165, 1.54) is 11.8 Å². The van der Waals surface area contributed by atoms with Crippen LogP contribution < -0.4 is 4.74 Å². The molecule has 0 saturated heterocycles. The number of thioether (sulfide) groups is 1. The molecule has 1 amide bonds. The number of benzene rings is 1. The van der Waals surface area contributed by atoms with Gasteiger partial charge in [0.15, 0.2) is 16.7 Å². The highest BCUT2D eigenvalue weighted by Crippen LogP contribution is 2.24. The number of rotatable bonds is 9. The third-order valence-electron chi connectivity index (χ3n) is 4.30. The van der Waals surface area contributed by atoms with Gasteiger partial charge in [0.05, 0.1) is 18.6 Å². The molecule has 2 heterocycles. The Balaban J connectivity index is 1.50. The number of likely N-dealkylation sites (N-methyl/N-ethyl adjacent to an activating group) is 1. The predicted molar refractivity (Wildman–Crippen MR) is 108 cm³/mol. The fourth-order valence-corrected chi connectivity index (χ4v) is 3.58. The van der Waals surface area contributed by atoms with Gasteiger partial charge in [-0.05, 0) is 37.6 Å². The summed E-state index contributed by atoms with van der Waals surface area (Å²) >= 11 is 1.37. The summed E-state index contributed by atoms with van der Waals surface area (Å²) in [4.78, 5) is 14.1. The summed E-state index contributed by atoms with van der Waals surface area (Å²) in [6.07, 6.45) is 1.61. The maximum Gasteiger partial charge on any atom is 0.232 e. The van der Waals surface area contributed by atoms with Crippen LogP contribution in [0.1, 0.15) is 12.5 Å². The van der Waals surface area contributed by atoms with Crippen LogP contribution in [-0.4, -0.2) is 51.5 Å². The molecule has 0 saturated carbocycles. The average Bonchev–Trinajstić information content (AvgIpc) is 3.36. The Bertz CT molecular complexity index is 908. The molecule has 0 unspecified atom stereocenters. The van der Waals surface area contributed by atoms with Crippen molar-refractivity contribution < 1.29 is 13.9 Å². The van der Waals surface area contributed by atoms with Gasteiger partial charge < -0.3 is 14.1 Å². The second-order valence-electron chi connectivity index (χ2n) is 6.25. The minimum Gasteiger partial charge on any atom is -0.491 e. The summed E-state index contributed by atoms with van der Waals surface area (Å²) in [6, 6.07) is 11.5. The number of aryl methyl sites for hydroxylation is 1. The molecule has 0 atom stereocenters. The number of aromatic nitrogens is 3. The Labute approximate surface area is 168 Å². The van der Waals surface area contributed by atoms with Gasteiger partial charge in [-0.25, -0.2) is 0 Å². The van der Waals surface area contributed by atoms with Gasteiger partial charge in [0.25, 0.3) is 0 Å². The maximum atomic E-state index is 12.4. The van der Waals surface area contributed by atoms with E-state index in [0.29, 0.717) is 36.4 Å². The number of hydrogen-bond donors (Lipinski definition) is 0. The van der Waals surface area contributed by atoms with E-state index >= 15 is 0 Å². The molecule has 0 N–H and O–H groups in total. The first kappa shape index (κ1) is 20.0. The molecule has 0 radical (unpaired) electrons. The van der Waals surface area contributed by atoms with Crippen molar-refractivity contribution in [3.63, 3.8) is 0 Å². The van der Waals surface area contributed by atoms with Crippen molar-refractivity contribution in [2.75, 3.05) is 26.0 Å². The molecule has 148 valence electrons. The minimum atomic E-state index is 0.0172. The predicted octanol–water partition coefficient (Wildman–Crippen LogP) is 3.50. The van der Waals surface area contributed by atoms with E-state index in [1.54, 1.807) is 18.2 Å². The molecular weight excluding hydrogens is 376 g/mol. The number of para-hydroxylation sites is 1. The molecule has 0 bridgehead atoms. The molecule has 0 aliphatic rings. The van der Waals surface area contributed by atoms with Crippen molar-refractivity contribution >= 4 is 17.7 Å². The normalized spacial score (nSPS) is 10.8. The largest absolute Gasteiger partial charge is 0.491 e. The molecule has 7 nitrogen and oxygen atoms in total. The van der Waals surface area contributed by atoms with E-state index in [2.05, 4.69) is 10.2 Å². The summed E-state index contributed by atoms with van der Waals surface area (Å²) in [5, 5.41) is 9.10.